The highest BCUT2D eigenvalue weighted by molar-refractivity contribution is 6.07. The Labute approximate surface area is 219 Å². The third kappa shape index (κ3) is 4.92. The summed E-state index contributed by atoms with van der Waals surface area (Å²) in [5, 5.41) is 12.2. The van der Waals surface area contributed by atoms with Crippen LogP contribution in [-0.4, -0.2) is 60.2 Å². The molecule has 38 heavy (non-hydrogen) atoms. The number of hydrogen-bond acceptors (Lipinski definition) is 5. The summed E-state index contributed by atoms with van der Waals surface area (Å²) >= 11 is 0. The molecule has 198 valence electrons. The largest absolute Gasteiger partial charge is 0.306 e. The number of aryl methyl sites for hydroxylation is 1. The summed E-state index contributed by atoms with van der Waals surface area (Å²) in [5.74, 6) is -1.99. The molecule has 0 atom stereocenters. The standard InChI is InChI=1S/C28H31F2N7O/c1-19-3-5-22(6-4-19)37-25(33-27(38)23-18-32-36-14-2-13-31-26(23)36)17-24(34-37)20-9-15-35(16-10-20)21-7-11-28(29,30)12-8-21/h2-6,13-14,17-18,20-21H,7-12,15-16H2,1H3,(H,33,38). The topological polar surface area (TPSA) is 80.4 Å². The lowest BCUT2D eigenvalue weighted by Gasteiger charge is -2.40. The highest BCUT2D eigenvalue weighted by atomic mass is 19.3. The first kappa shape index (κ1) is 24.7. The zero-order valence-electron chi connectivity index (χ0n) is 21.4. The lowest BCUT2D eigenvalue weighted by molar-refractivity contribution is -0.0559. The lowest BCUT2D eigenvalue weighted by atomic mass is 9.87. The number of rotatable bonds is 5. The van der Waals surface area contributed by atoms with Gasteiger partial charge in [-0.15, -0.1) is 0 Å². The van der Waals surface area contributed by atoms with Gasteiger partial charge in [-0.2, -0.15) is 10.2 Å². The monoisotopic (exact) mass is 519 g/mol. The molecule has 10 heteroatoms. The van der Waals surface area contributed by atoms with E-state index in [9.17, 15) is 13.6 Å². The predicted molar refractivity (Wildman–Crippen MR) is 140 cm³/mol. The van der Waals surface area contributed by atoms with Gasteiger partial charge in [0.05, 0.1) is 17.6 Å². The summed E-state index contributed by atoms with van der Waals surface area (Å²) in [6.07, 6.45) is 7.82. The zero-order chi connectivity index (χ0) is 26.3. The third-order valence-corrected chi connectivity index (χ3v) is 7.92. The summed E-state index contributed by atoms with van der Waals surface area (Å²) in [7, 11) is 0. The van der Waals surface area contributed by atoms with Gasteiger partial charge >= 0.3 is 0 Å². The zero-order valence-corrected chi connectivity index (χ0v) is 21.4. The van der Waals surface area contributed by atoms with Crippen LogP contribution in [0, 0.1) is 6.92 Å². The highest BCUT2D eigenvalue weighted by Crippen LogP contribution is 2.38. The van der Waals surface area contributed by atoms with Crippen LogP contribution in [0.25, 0.3) is 11.3 Å². The van der Waals surface area contributed by atoms with Crippen LogP contribution < -0.4 is 5.32 Å². The number of nitrogens with zero attached hydrogens (tertiary/aromatic N) is 6. The normalized spacial score (nSPS) is 19.1. The Morgan fingerprint density at radius 2 is 1.82 bits per heavy atom. The van der Waals surface area contributed by atoms with E-state index in [0.29, 0.717) is 29.9 Å². The molecular weight excluding hydrogens is 488 g/mol. The van der Waals surface area contributed by atoms with Gasteiger partial charge in [0.15, 0.2) is 5.65 Å². The number of nitrogens with one attached hydrogen (secondary N) is 1. The second-order valence-corrected chi connectivity index (χ2v) is 10.5. The molecular formula is C28H31F2N7O. The number of piperidine rings is 1. The van der Waals surface area contributed by atoms with E-state index in [1.54, 1.807) is 27.7 Å². The van der Waals surface area contributed by atoms with Crippen LogP contribution in [0.4, 0.5) is 14.6 Å². The van der Waals surface area contributed by atoms with Gasteiger partial charge in [0.1, 0.15) is 11.4 Å². The van der Waals surface area contributed by atoms with E-state index in [1.165, 1.54) is 6.20 Å². The molecule has 0 radical (unpaired) electrons. The van der Waals surface area contributed by atoms with Crippen LogP contribution in [-0.2, 0) is 0 Å². The predicted octanol–water partition coefficient (Wildman–Crippen LogP) is 5.23. The van der Waals surface area contributed by atoms with Crippen molar-refractivity contribution in [2.75, 3.05) is 18.4 Å². The molecule has 0 spiro atoms. The summed E-state index contributed by atoms with van der Waals surface area (Å²) < 4.78 is 30.6. The number of alkyl halides is 2. The van der Waals surface area contributed by atoms with Crippen molar-refractivity contribution in [1.29, 1.82) is 0 Å². The van der Waals surface area contributed by atoms with E-state index < -0.39 is 5.92 Å². The summed E-state index contributed by atoms with van der Waals surface area (Å²) in [6.45, 7) is 3.77. The molecule has 1 N–H and O–H groups in total. The number of benzene rings is 1. The van der Waals surface area contributed by atoms with Crippen molar-refractivity contribution in [2.45, 2.75) is 63.3 Å². The smallest absolute Gasteiger partial charge is 0.262 e. The number of anilines is 1. The van der Waals surface area contributed by atoms with Gasteiger partial charge in [-0.1, -0.05) is 17.7 Å². The third-order valence-electron chi connectivity index (χ3n) is 7.92. The fourth-order valence-electron chi connectivity index (χ4n) is 5.69. The van der Waals surface area contributed by atoms with Crippen molar-refractivity contribution < 1.29 is 13.6 Å². The molecule has 2 aliphatic rings. The van der Waals surface area contributed by atoms with E-state index in [2.05, 4.69) is 20.3 Å². The maximum atomic E-state index is 13.6. The van der Waals surface area contributed by atoms with Crippen molar-refractivity contribution in [3.63, 3.8) is 0 Å². The van der Waals surface area contributed by atoms with Crippen LogP contribution in [0.15, 0.2) is 55.0 Å². The average Bonchev–Trinajstić information content (AvgIpc) is 3.54. The first-order valence-electron chi connectivity index (χ1n) is 13.2. The molecule has 6 rings (SSSR count). The summed E-state index contributed by atoms with van der Waals surface area (Å²) in [4.78, 5) is 19.9. The fourth-order valence-corrected chi connectivity index (χ4v) is 5.69. The minimum Gasteiger partial charge on any atom is -0.306 e. The second kappa shape index (κ2) is 9.90. The summed E-state index contributed by atoms with van der Waals surface area (Å²) in [5.41, 5.74) is 3.79. The SMILES string of the molecule is Cc1ccc(-n2nc(C3CCN(C4CCC(F)(F)CC4)CC3)cc2NC(=O)c2cnn3cccnc23)cc1. The van der Waals surface area contributed by atoms with Crippen LogP contribution >= 0.6 is 0 Å². The van der Waals surface area contributed by atoms with Gasteiger partial charge in [-0.25, -0.2) is 23.0 Å². The molecule has 1 saturated heterocycles. The Morgan fingerprint density at radius 3 is 2.55 bits per heavy atom. The fraction of sp³-hybridized carbons (Fsp3) is 0.429. The van der Waals surface area contributed by atoms with E-state index in [0.717, 1.165) is 42.9 Å². The number of fused-ring (bicyclic) bond motifs is 1. The number of likely N-dealkylation sites (tertiary alicyclic amines) is 1. The molecule has 1 aromatic carbocycles. The van der Waals surface area contributed by atoms with Crippen molar-refractivity contribution in [1.82, 2.24) is 29.3 Å². The number of aromatic nitrogens is 5. The van der Waals surface area contributed by atoms with Crippen LogP contribution in [0.1, 0.15) is 66.1 Å². The molecule has 4 heterocycles. The molecule has 1 amide bonds. The minimum atomic E-state index is -2.50. The molecule has 3 aromatic heterocycles. The second-order valence-electron chi connectivity index (χ2n) is 10.5. The minimum absolute atomic E-state index is 0.0101. The average molecular weight is 520 g/mol. The number of carbonyl (C=O) groups is 1. The van der Waals surface area contributed by atoms with Crippen molar-refractivity contribution in [3.05, 3.63) is 71.8 Å². The molecule has 8 nitrogen and oxygen atoms in total. The van der Waals surface area contributed by atoms with Crippen molar-refractivity contribution >= 4 is 17.4 Å². The van der Waals surface area contributed by atoms with Crippen molar-refractivity contribution in [3.8, 4) is 5.69 Å². The quantitative estimate of drug-likeness (QED) is 0.390. The number of hydrogen-bond donors (Lipinski definition) is 1. The van der Waals surface area contributed by atoms with Crippen LogP contribution in [0.5, 0.6) is 0 Å². The van der Waals surface area contributed by atoms with Gasteiger partial charge in [-0.05, 0) is 63.9 Å². The Morgan fingerprint density at radius 1 is 1.08 bits per heavy atom. The first-order chi connectivity index (χ1) is 18.4. The van der Waals surface area contributed by atoms with Crippen molar-refractivity contribution in [2.24, 2.45) is 0 Å². The van der Waals surface area contributed by atoms with E-state index >= 15 is 0 Å². The first-order valence-corrected chi connectivity index (χ1v) is 13.2. The van der Waals surface area contributed by atoms with Gasteiger partial charge in [0, 0.05) is 43.3 Å². The Kier molecular flexibility index (Phi) is 6.43. The van der Waals surface area contributed by atoms with Crippen LogP contribution in [0.3, 0.4) is 0 Å². The molecule has 1 aliphatic carbocycles. The molecule has 1 saturated carbocycles. The van der Waals surface area contributed by atoms with Gasteiger partial charge < -0.3 is 10.2 Å². The van der Waals surface area contributed by atoms with E-state index in [1.807, 2.05) is 37.3 Å². The van der Waals surface area contributed by atoms with Crippen LogP contribution in [0.2, 0.25) is 0 Å². The Bertz CT molecular complexity index is 1430. The molecule has 0 bridgehead atoms. The maximum Gasteiger partial charge on any atom is 0.262 e. The highest BCUT2D eigenvalue weighted by Gasteiger charge is 2.38. The van der Waals surface area contributed by atoms with E-state index in [-0.39, 0.29) is 30.7 Å². The van der Waals surface area contributed by atoms with Gasteiger partial charge in [0.2, 0.25) is 5.92 Å². The number of halogens is 2. The lowest BCUT2D eigenvalue weighted by Crippen LogP contribution is -2.44. The molecule has 4 aromatic rings. The molecule has 2 fully saturated rings. The maximum absolute atomic E-state index is 13.6. The van der Waals surface area contributed by atoms with E-state index in [4.69, 9.17) is 5.10 Å². The summed E-state index contributed by atoms with van der Waals surface area (Å²) in [6, 6.07) is 12.0. The molecule has 0 unspecified atom stereocenters. The number of amides is 1. The van der Waals surface area contributed by atoms with Gasteiger partial charge in [0.25, 0.3) is 5.91 Å². The number of carbonyl (C=O) groups excluding carboxylic acids is 1. The Hall–Kier alpha value is -3.66. The molecule has 1 aliphatic heterocycles. The van der Waals surface area contributed by atoms with Gasteiger partial charge in [-0.3, -0.25) is 4.79 Å². The Balaban J connectivity index is 1.22.